The number of nitrogens with two attached hydrogens (primary N) is 2. The third kappa shape index (κ3) is 8.82. The zero-order valence-electron chi connectivity index (χ0n) is 34.2. The molecular weight excluding hydrogens is 735 g/mol. The molecule has 7 N–H and O–H groups in total. The van der Waals surface area contributed by atoms with Crippen molar-refractivity contribution in [3.05, 3.63) is 76.7 Å². The molecule has 0 bridgehead atoms. The van der Waals surface area contributed by atoms with E-state index in [1.807, 2.05) is 18.2 Å². The Kier molecular flexibility index (Phi) is 12.3. The summed E-state index contributed by atoms with van der Waals surface area (Å²) in [7, 11) is 5.22. The number of fused-ring (bicyclic) bond motifs is 2. The van der Waals surface area contributed by atoms with Crippen molar-refractivity contribution in [3.63, 3.8) is 0 Å². The van der Waals surface area contributed by atoms with Crippen LogP contribution in [0.15, 0.2) is 60.1 Å². The second-order valence-corrected chi connectivity index (χ2v) is 17.4. The minimum Gasteiger partial charge on any atom is -0.507 e. The van der Waals surface area contributed by atoms with Gasteiger partial charge in [-0.15, -0.1) is 0 Å². The van der Waals surface area contributed by atoms with Crippen molar-refractivity contribution in [2.75, 3.05) is 78.4 Å². The molecule has 6 aliphatic rings. The third-order valence-electron chi connectivity index (χ3n) is 13.7. The van der Waals surface area contributed by atoms with Gasteiger partial charge in [-0.1, -0.05) is 12.1 Å². The number of para-hydroxylation sites is 1. The summed E-state index contributed by atoms with van der Waals surface area (Å²) in [5, 5.41) is 15.7. The van der Waals surface area contributed by atoms with Gasteiger partial charge >= 0.3 is 0 Å². The van der Waals surface area contributed by atoms with Crippen molar-refractivity contribution >= 4 is 35.8 Å². The fourth-order valence-electron chi connectivity index (χ4n) is 9.78. The molecule has 2 aromatic carbocycles. The van der Waals surface area contributed by atoms with Gasteiger partial charge in [-0.05, 0) is 99.2 Å². The van der Waals surface area contributed by atoms with E-state index in [0.29, 0.717) is 52.2 Å². The number of aromatic hydroxyl groups is 1. The summed E-state index contributed by atoms with van der Waals surface area (Å²) in [5.41, 5.74) is 16.4. The van der Waals surface area contributed by atoms with Gasteiger partial charge in [-0.25, -0.2) is 0 Å². The maximum absolute atomic E-state index is 13.3. The second kappa shape index (κ2) is 17.4. The molecule has 4 aliphatic heterocycles. The van der Waals surface area contributed by atoms with Crippen LogP contribution in [-0.2, 0) is 9.59 Å². The van der Waals surface area contributed by atoms with Gasteiger partial charge < -0.3 is 51.6 Å². The fraction of sp³-hybridized carbons (Fsp3) is 0.545. The Bertz CT molecular complexity index is 1910. The van der Waals surface area contributed by atoms with Crippen molar-refractivity contribution in [1.82, 2.24) is 30.2 Å². The van der Waals surface area contributed by atoms with Gasteiger partial charge in [0.25, 0.3) is 5.91 Å². The Hall–Kier alpha value is -5.08. The first-order valence-corrected chi connectivity index (χ1v) is 20.9. The van der Waals surface area contributed by atoms with Crippen molar-refractivity contribution in [2.24, 2.45) is 28.7 Å². The number of piperazine rings is 1. The maximum atomic E-state index is 13.3. The topological polar surface area (TPSA) is 181 Å². The number of hydrogen-bond acceptors (Lipinski definition) is 12. The number of anilines is 1. The lowest BCUT2D eigenvalue weighted by molar-refractivity contribution is -0.121. The normalized spacial score (nSPS) is 24.7. The zero-order valence-corrected chi connectivity index (χ0v) is 34.2. The molecule has 312 valence electrons. The number of rotatable bonds is 11. The molecule has 4 atom stereocenters. The Balaban J connectivity index is 0.000000199. The number of carbonyl (C=O) groups is 4. The molecule has 14 heteroatoms. The zero-order chi connectivity index (χ0) is 41.1. The van der Waals surface area contributed by atoms with Gasteiger partial charge in [0, 0.05) is 101 Å². The minimum atomic E-state index is -0.735. The smallest absolute Gasteiger partial charge is 0.255 e. The summed E-state index contributed by atoms with van der Waals surface area (Å²) in [6.07, 6.45) is 10.0. The molecule has 1 spiro atoms. The standard InChI is InChI=1S/C28H38N4O4.C16H23N5O/c1-29-26(35)6-5-23(18-34)30(2)27(36)25-12-22(4-3-19(25)17-33)31-9-7-28(8-10-31)13-24(14-28)32-15-20-11-21(20)16-32;1-20-6-7-21-11(10-20)9-19-16(18)14(21)8-13(17)12-4-2-3-5-15(12)22/h3-4,12,17-18,20-21,23-24H,5-11,13-16H2,1-2H3,(H,29,35);2-5,8,11,19,22H,6-7,9-10,17-18H2,1H3/b;13-8-. The van der Waals surface area contributed by atoms with Crippen LogP contribution in [0.2, 0.25) is 0 Å². The van der Waals surface area contributed by atoms with Crippen LogP contribution in [-0.4, -0.2) is 141 Å². The number of nitrogens with zero attached hydrogens (tertiary/aromatic N) is 5. The lowest BCUT2D eigenvalue weighted by Crippen LogP contribution is -2.58. The van der Waals surface area contributed by atoms with Crippen LogP contribution in [0.5, 0.6) is 5.75 Å². The predicted octanol–water partition coefficient (Wildman–Crippen LogP) is 2.40. The summed E-state index contributed by atoms with van der Waals surface area (Å²) in [4.78, 5) is 59.3. The van der Waals surface area contributed by atoms with E-state index in [4.69, 9.17) is 11.5 Å². The predicted molar refractivity (Wildman–Crippen MR) is 225 cm³/mol. The van der Waals surface area contributed by atoms with Crippen LogP contribution in [0.1, 0.15) is 71.2 Å². The number of likely N-dealkylation sites (N-methyl/N-ethyl adjacent to an activating group) is 2. The number of nitrogens with one attached hydrogen (secondary N) is 2. The number of phenols is 1. The van der Waals surface area contributed by atoms with E-state index >= 15 is 0 Å². The summed E-state index contributed by atoms with van der Waals surface area (Å²) < 4.78 is 0. The lowest BCUT2D eigenvalue weighted by Gasteiger charge is -2.55. The molecule has 2 aliphatic carbocycles. The monoisotopic (exact) mass is 795 g/mol. The number of aldehydes is 2. The molecule has 2 amide bonds. The van der Waals surface area contributed by atoms with Crippen LogP contribution in [0, 0.1) is 17.3 Å². The molecule has 58 heavy (non-hydrogen) atoms. The molecule has 0 aromatic heterocycles. The van der Waals surface area contributed by atoms with Crippen LogP contribution in [0.3, 0.4) is 0 Å². The van der Waals surface area contributed by atoms with E-state index < -0.39 is 6.04 Å². The minimum absolute atomic E-state index is 0.146. The number of allylic oxidation sites excluding steroid dienone is 1. The molecule has 5 fully saturated rings. The Morgan fingerprint density at radius 3 is 2.41 bits per heavy atom. The number of phenolic OH excluding ortho intramolecular Hbond substituents is 1. The van der Waals surface area contributed by atoms with Crippen LogP contribution in [0.4, 0.5) is 5.69 Å². The van der Waals surface area contributed by atoms with Crippen molar-refractivity contribution < 1.29 is 24.3 Å². The number of piperidine rings is 2. The van der Waals surface area contributed by atoms with Gasteiger partial charge in [0.1, 0.15) is 17.9 Å². The summed E-state index contributed by atoms with van der Waals surface area (Å²) in [6, 6.07) is 12.9. The number of amides is 2. The maximum Gasteiger partial charge on any atom is 0.255 e. The van der Waals surface area contributed by atoms with E-state index in [1.165, 1.54) is 44.3 Å². The molecular formula is C44H61N9O5. The summed E-state index contributed by atoms with van der Waals surface area (Å²) >= 11 is 0. The fourth-order valence-corrected chi connectivity index (χ4v) is 9.78. The number of benzene rings is 2. The van der Waals surface area contributed by atoms with E-state index in [0.717, 1.165) is 81.4 Å². The van der Waals surface area contributed by atoms with Crippen LogP contribution < -0.4 is 27.0 Å². The first-order valence-electron chi connectivity index (χ1n) is 20.9. The highest BCUT2D eigenvalue weighted by Crippen LogP contribution is 2.55. The second-order valence-electron chi connectivity index (χ2n) is 17.4. The highest BCUT2D eigenvalue weighted by Gasteiger charge is 2.53. The molecule has 14 nitrogen and oxygen atoms in total. The highest BCUT2D eigenvalue weighted by molar-refractivity contribution is 6.03. The van der Waals surface area contributed by atoms with Crippen molar-refractivity contribution in [1.29, 1.82) is 0 Å². The number of hydrogen-bond donors (Lipinski definition) is 5. The first kappa shape index (κ1) is 41.1. The Morgan fingerprint density at radius 1 is 1.02 bits per heavy atom. The molecule has 2 saturated carbocycles. The molecule has 4 heterocycles. The van der Waals surface area contributed by atoms with Crippen molar-refractivity contribution in [2.45, 2.75) is 63.1 Å². The third-order valence-corrected chi connectivity index (χ3v) is 13.7. The average Bonchev–Trinajstić information content (AvgIpc) is 3.84. The Labute approximate surface area is 342 Å². The SMILES string of the molecule is CN1CCN2C(/C=C(\N)c3ccccc3O)=C(N)NCC2C1.CNC(=O)CCC(C=O)N(C)C(=O)c1cc(N2CCC3(CC2)CC(N2CC4CC4C2)C3)ccc1C=O. The van der Waals surface area contributed by atoms with E-state index in [1.54, 1.807) is 37.4 Å². The molecule has 4 unspecified atom stereocenters. The quantitative estimate of drug-likeness (QED) is 0.210. The van der Waals surface area contributed by atoms with Gasteiger partial charge in [-0.3, -0.25) is 19.3 Å². The van der Waals surface area contributed by atoms with Gasteiger partial charge in [0.05, 0.1) is 23.3 Å². The van der Waals surface area contributed by atoms with Gasteiger partial charge in [0.15, 0.2) is 6.29 Å². The van der Waals surface area contributed by atoms with E-state index in [9.17, 15) is 24.3 Å². The summed E-state index contributed by atoms with van der Waals surface area (Å²) in [5.74, 6) is 2.23. The van der Waals surface area contributed by atoms with Crippen LogP contribution >= 0.6 is 0 Å². The molecule has 0 radical (unpaired) electrons. The summed E-state index contributed by atoms with van der Waals surface area (Å²) in [6.45, 7) is 8.29. The number of likely N-dealkylation sites (tertiary alicyclic amines) is 1. The average molecular weight is 796 g/mol. The molecule has 8 rings (SSSR count). The molecule has 2 aromatic rings. The Morgan fingerprint density at radius 2 is 1.74 bits per heavy atom. The van der Waals surface area contributed by atoms with Gasteiger partial charge in [-0.2, -0.15) is 0 Å². The lowest BCUT2D eigenvalue weighted by atomic mass is 9.60. The first-order chi connectivity index (χ1) is 27.9. The van der Waals surface area contributed by atoms with Crippen LogP contribution in [0.25, 0.3) is 5.70 Å². The largest absolute Gasteiger partial charge is 0.507 e. The number of carbonyl (C=O) groups excluding carboxylic acids is 4. The molecule has 3 saturated heterocycles. The van der Waals surface area contributed by atoms with E-state index in [2.05, 4.69) is 37.3 Å². The van der Waals surface area contributed by atoms with E-state index in [-0.39, 0.29) is 30.4 Å². The van der Waals surface area contributed by atoms with Crippen molar-refractivity contribution in [3.8, 4) is 5.75 Å². The highest BCUT2D eigenvalue weighted by atomic mass is 16.3. The van der Waals surface area contributed by atoms with Gasteiger partial charge in [0.2, 0.25) is 5.91 Å².